The van der Waals surface area contributed by atoms with E-state index in [1.165, 1.54) is 19.3 Å². The minimum absolute atomic E-state index is 0.145. The number of nitrogens with one attached hydrogen (secondary N) is 1. The molecule has 1 N–H and O–H groups in total. The van der Waals surface area contributed by atoms with Gasteiger partial charge in [-0.3, -0.25) is 4.79 Å². The summed E-state index contributed by atoms with van der Waals surface area (Å²) in [5.74, 6) is 1.52. The number of hydrogen-bond acceptors (Lipinski definition) is 3. The van der Waals surface area contributed by atoms with Crippen molar-refractivity contribution in [2.24, 2.45) is 0 Å². The summed E-state index contributed by atoms with van der Waals surface area (Å²) in [6.45, 7) is 7.23. The van der Waals surface area contributed by atoms with Crippen LogP contribution in [0, 0.1) is 0 Å². The summed E-state index contributed by atoms with van der Waals surface area (Å²) in [5.41, 5.74) is 0. The van der Waals surface area contributed by atoms with Crippen molar-refractivity contribution < 1.29 is 4.79 Å². The van der Waals surface area contributed by atoms with Crippen molar-refractivity contribution in [3.8, 4) is 0 Å². The molecule has 2 saturated heterocycles. The van der Waals surface area contributed by atoms with Gasteiger partial charge in [-0.05, 0) is 51.3 Å². The summed E-state index contributed by atoms with van der Waals surface area (Å²) in [6.07, 6.45) is 5.77. The first-order chi connectivity index (χ1) is 8.65. The van der Waals surface area contributed by atoms with Crippen LogP contribution in [0.3, 0.4) is 0 Å². The molecule has 18 heavy (non-hydrogen) atoms. The number of thioether (sulfide) groups is 1. The van der Waals surface area contributed by atoms with Gasteiger partial charge in [0.1, 0.15) is 0 Å². The summed E-state index contributed by atoms with van der Waals surface area (Å²) in [7, 11) is 0. The molecule has 0 radical (unpaired) electrons. The van der Waals surface area contributed by atoms with Crippen molar-refractivity contribution in [3.05, 3.63) is 0 Å². The van der Waals surface area contributed by atoms with Gasteiger partial charge in [-0.1, -0.05) is 6.92 Å². The molecule has 0 aromatic carbocycles. The van der Waals surface area contributed by atoms with Gasteiger partial charge in [0.15, 0.2) is 0 Å². The molecule has 2 aliphatic rings. The van der Waals surface area contributed by atoms with Crippen LogP contribution in [-0.4, -0.2) is 47.0 Å². The number of carbonyl (C=O) groups excluding carboxylic acids is 1. The quantitative estimate of drug-likeness (QED) is 0.832. The SMILES string of the molecule is CCCN(CC1CCCN1)C(=O)C1(C)CCCS1. The van der Waals surface area contributed by atoms with E-state index in [2.05, 4.69) is 24.1 Å². The maximum Gasteiger partial charge on any atom is 0.238 e. The topological polar surface area (TPSA) is 32.3 Å². The van der Waals surface area contributed by atoms with Crippen LogP contribution in [0.5, 0.6) is 0 Å². The van der Waals surface area contributed by atoms with Crippen LogP contribution in [0.15, 0.2) is 0 Å². The first-order valence-electron chi connectivity index (χ1n) is 7.32. The first kappa shape index (κ1) is 14.2. The summed E-state index contributed by atoms with van der Waals surface area (Å²) >= 11 is 1.85. The van der Waals surface area contributed by atoms with Gasteiger partial charge in [0.25, 0.3) is 0 Å². The molecule has 0 bridgehead atoms. The molecule has 2 unspecified atom stereocenters. The summed E-state index contributed by atoms with van der Waals surface area (Å²) in [4.78, 5) is 14.8. The van der Waals surface area contributed by atoms with Gasteiger partial charge in [-0.25, -0.2) is 0 Å². The highest BCUT2D eigenvalue weighted by molar-refractivity contribution is 8.01. The molecule has 1 amide bonds. The van der Waals surface area contributed by atoms with Crippen molar-refractivity contribution in [3.63, 3.8) is 0 Å². The third kappa shape index (κ3) is 3.21. The second-order valence-electron chi connectivity index (χ2n) is 5.73. The highest BCUT2D eigenvalue weighted by atomic mass is 32.2. The van der Waals surface area contributed by atoms with Crippen LogP contribution in [0.1, 0.15) is 46.0 Å². The molecule has 0 spiro atoms. The van der Waals surface area contributed by atoms with Crippen LogP contribution in [0.25, 0.3) is 0 Å². The van der Waals surface area contributed by atoms with Crippen LogP contribution in [-0.2, 0) is 4.79 Å². The lowest BCUT2D eigenvalue weighted by molar-refractivity contribution is -0.133. The third-order valence-electron chi connectivity index (χ3n) is 4.06. The fourth-order valence-electron chi connectivity index (χ4n) is 3.01. The van der Waals surface area contributed by atoms with Gasteiger partial charge < -0.3 is 10.2 Å². The van der Waals surface area contributed by atoms with Gasteiger partial charge in [0, 0.05) is 19.1 Å². The Kier molecular flexibility index (Phi) is 4.96. The molecular formula is C14H26N2OS. The fraction of sp³-hybridized carbons (Fsp3) is 0.929. The Balaban J connectivity index is 1.96. The lowest BCUT2D eigenvalue weighted by Crippen LogP contribution is -2.48. The lowest BCUT2D eigenvalue weighted by Gasteiger charge is -2.32. The summed E-state index contributed by atoms with van der Waals surface area (Å²) in [5, 5.41) is 3.50. The van der Waals surface area contributed by atoms with Crippen LogP contribution >= 0.6 is 11.8 Å². The van der Waals surface area contributed by atoms with E-state index in [9.17, 15) is 4.79 Å². The highest BCUT2D eigenvalue weighted by Gasteiger charge is 2.40. The Labute approximate surface area is 115 Å². The Morgan fingerprint density at radius 1 is 1.50 bits per heavy atom. The lowest BCUT2D eigenvalue weighted by atomic mass is 10.0. The minimum atomic E-state index is -0.145. The van der Waals surface area contributed by atoms with E-state index in [-0.39, 0.29) is 4.75 Å². The molecule has 2 atom stereocenters. The summed E-state index contributed by atoms with van der Waals surface area (Å²) in [6, 6.07) is 0.524. The highest BCUT2D eigenvalue weighted by Crippen LogP contribution is 2.39. The van der Waals surface area contributed by atoms with Gasteiger partial charge in [0.2, 0.25) is 5.91 Å². The minimum Gasteiger partial charge on any atom is -0.340 e. The number of amides is 1. The van der Waals surface area contributed by atoms with Crippen LogP contribution in [0.4, 0.5) is 0 Å². The van der Waals surface area contributed by atoms with Crippen LogP contribution < -0.4 is 5.32 Å². The smallest absolute Gasteiger partial charge is 0.238 e. The predicted molar refractivity (Wildman–Crippen MR) is 78.0 cm³/mol. The van der Waals surface area contributed by atoms with Gasteiger partial charge in [-0.2, -0.15) is 0 Å². The van der Waals surface area contributed by atoms with E-state index in [0.29, 0.717) is 11.9 Å². The molecule has 4 heteroatoms. The van der Waals surface area contributed by atoms with Gasteiger partial charge >= 0.3 is 0 Å². The molecule has 2 rings (SSSR count). The number of hydrogen-bond donors (Lipinski definition) is 1. The molecule has 0 saturated carbocycles. The van der Waals surface area contributed by atoms with Crippen molar-refractivity contribution in [1.82, 2.24) is 10.2 Å². The monoisotopic (exact) mass is 270 g/mol. The first-order valence-corrected chi connectivity index (χ1v) is 8.31. The van der Waals surface area contributed by atoms with Gasteiger partial charge in [-0.15, -0.1) is 11.8 Å². The third-order valence-corrected chi connectivity index (χ3v) is 5.56. The Hall–Kier alpha value is -0.220. The van der Waals surface area contributed by atoms with E-state index in [1.54, 1.807) is 0 Å². The zero-order valence-electron chi connectivity index (χ0n) is 11.7. The zero-order chi connectivity index (χ0) is 13.0. The second-order valence-corrected chi connectivity index (χ2v) is 7.33. The van der Waals surface area contributed by atoms with Crippen molar-refractivity contribution in [2.45, 2.75) is 56.7 Å². The number of rotatable bonds is 5. The average Bonchev–Trinajstić information content (AvgIpc) is 3.00. The van der Waals surface area contributed by atoms with Crippen LogP contribution in [0.2, 0.25) is 0 Å². The average molecular weight is 270 g/mol. The van der Waals surface area contributed by atoms with E-state index in [1.807, 2.05) is 11.8 Å². The molecular weight excluding hydrogens is 244 g/mol. The summed E-state index contributed by atoms with van der Waals surface area (Å²) < 4.78 is -0.145. The number of carbonyl (C=O) groups is 1. The van der Waals surface area contributed by atoms with Gasteiger partial charge in [0.05, 0.1) is 4.75 Å². The molecule has 2 heterocycles. The maximum absolute atomic E-state index is 12.7. The van der Waals surface area contributed by atoms with E-state index >= 15 is 0 Å². The molecule has 2 fully saturated rings. The standard InChI is InChI=1S/C14H26N2OS/c1-3-9-16(11-12-6-4-8-15-12)13(17)14(2)7-5-10-18-14/h12,15H,3-11H2,1-2H3. The Bertz CT molecular complexity index is 284. The molecule has 0 aliphatic carbocycles. The Morgan fingerprint density at radius 3 is 2.89 bits per heavy atom. The normalized spacial score (nSPS) is 31.8. The van der Waals surface area contributed by atoms with Crippen molar-refractivity contribution >= 4 is 17.7 Å². The molecule has 0 aromatic rings. The molecule has 3 nitrogen and oxygen atoms in total. The second kappa shape index (κ2) is 6.29. The molecule has 2 aliphatic heterocycles. The Morgan fingerprint density at radius 2 is 2.33 bits per heavy atom. The fourth-order valence-corrected chi connectivity index (χ4v) is 4.29. The number of nitrogens with zero attached hydrogens (tertiary/aromatic N) is 1. The van der Waals surface area contributed by atoms with Crippen molar-refractivity contribution in [2.75, 3.05) is 25.4 Å². The maximum atomic E-state index is 12.7. The molecule has 0 aromatic heterocycles. The van der Waals surface area contributed by atoms with E-state index in [4.69, 9.17) is 0 Å². The zero-order valence-corrected chi connectivity index (χ0v) is 12.5. The van der Waals surface area contributed by atoms with Crippen molar-refractivity contribution in [1.29, 1.82) is 0 Å². The van der Waals surface area contributed by atoms with E-state index < -0.39 is 0 Å². The van der Waals surface area contributed by atoms with E-state index in [0.717, 1.165) is 38.2 Å². The predicted octanol–water partition coefficient (Wildman–Crippen LogP) is 2.26. The molecule has 104 valence electrons. The largest absolute Gasteiger partial charge is 0.340 e.